The van der Waals surface area contributed by atoms with E-state index in [1.807, 2.05) is 11.8 Å². The van der Waals surface area contributed by atoms with E-state index in [0.717, 1.165) is 0 Å². The molecule has 1 rings (SSSR count). The maximum Gasteiger partial charge on any atom is -0.00420 e. The van der Waals surface area contributed by atoms with Crippen molar-refractivity contribution in [3.63, 3.8) is 0 Å². The van der Waals surface area contributed by atoms with Gasteiger partial charge in [-0.25, -0.2) is 0 Å². The molecule has 0 bridgehead atoms. The maximum atomic E-state index is 2.22. The first kappa shape index (κ1) is 7.29. The molecule has 50 valence electrons. The second-order valence-electron chi connectivity index (χ2n) is 1.90. The first-order valence-electron chi connectivity index (χ1n) is 3.02. The van der Waals surface area contributed by atoms with Crippen LogP contribution in [0.3, 0.4) is 0 Å². The number of thioether (sulfide) groups is 2. The molecule has 0 aromatic rings. The van der Waals surface area contributed by atoms with E-state index < -0.39 is 0 Å². The first-order chi connectivity index (χ1) is 4.33. The minimum atomic E-state index is 1.17. The lowest BCUT2D eigenvalue weighted by atomic mass is 10.5. The van der Waals surface area contributed by atoms with E-state index >= 15 is 0 Å². The number of rotatable bonds is 1. The Balaban J connectivity index is 2.51. The first-order valence-corrected chi connectivity index (χ1v) is 4.78. The fourth-order valence-electron chi connectivity index (χ4n) is 0.616. The van der Waals surface area contributed by atoms with Crippen molar-refractivity contribution in [3.05, 3.63) is 20.6 Å². The minimum absolute atomic E-state index is 1.17. The second kappa shape index (κ2) is 3.37. The molecule has 0 fully saturated rings. The monoisotopic (exact) mass is 158 g/mol. The third kappa shape index (κ3) is 2.11. The van der Waals surface area contributed by atoms with Crippen molar-refractivity contribution in [2.75, 3.05) is 0 Å². The summed E-state index contributed by atoms with van der Waals surface area (Å²) < 4.78 is 0. The Labute approximate surface area is 64.8 Å². The molecule has 1 heterocycles. The molecule has 2 heteroatoms. The molecule has 9 heavy (non-hydrogen) atoms. The lowest BCUT2D eigenvalue weighted by Gasteiger charge is -2.07. The van der Waals surface area contributed by atoms with Crippen LogP contribution in [-0.4, -0.2) is 0 Å². The van der Waals surface area contributed by atoms with E-state index in [4.69, 9.17) is 0 Å². The van der Waals surface area contributed by atoms with Crippen molar-refractivity contribution in [2.45, 2.75) is 20.3 Å². The Hall–Kier alpha value is 0.180. The van der Waals surface area contributed by atoms with Crippen molar-refractivity contribution in [1.82, 2.24) is 0 Å². The van der Waals surface area contributed by atoms with Gasteiger partial charge in [0.15, 0.2) is 0 Å². The molecule has 0 amide bonds. The van der Waals surface area contributed by atoms with Crippen LogP contribution in [0, 0.1) is 0 Å². The van der Waals surface area contributed by atoms with Crippen molar-refractivity contribution in [1.29, 1.82) is 0 Å². The van der Waals surface area contributed by atoms with Crippen LogP contribution in [0.5, 0.6) is 0 Å². The molecule has 0 saturated heterocycles. The van der Waals surface area contributed by atoms with Gasteiger partial charge in [-0.2, -0.15) is 0 Å². The largest absolute Gasteiger partial charge is 0.104 e. The van der Waals surface area contributed by atoms with Gasteiger partial charge in [0.05, 0.1) is 0 Å². The Kier molecular flexibility index (Phi) is 2.73. The van der Waals surface area contributed by atoms with Gasteiger partial charge in [0.1, 0.15) is 0 Å². The predicted octanol–water partition coefficient (Wildman–Crippen LogP) is 3.58. The van der Waals surface area contributed by atoms with Crippen molar-refractivity contribution < 1.29 is 0 Å². The molecular formula is C7H10S2. The Morgan fingerprint density at radius 2 is 2.22 bits per heavy atom. The van der Waals surface area contributed by atoms with E-state index in [2.05, 4.69) is 24.7 Å². The highest BCUT2D eigenvalue weighted by molar-refractivity contribution is 8.12. The zero-order valence-electron chi connectivity index (χ0n) is 5.68. The lowest BCUT2D eigenvalue weighted by molar-refractivity contribution is 1.20. The second-order valence-corrected chi connectivity index (χ2v) is 4.02. The molecule has 0 spiro atoms. The summed E-state index contributed by atoms with van der Waals surface area (Å²) in [6.45, 7) is 4.35. The van der Waals surface area contributed by atoms with Crippen LogP contribution in [0.25, 0.3) is 0 Å². The van der Waals surface area contributed by atoms with Crippen molar-refractivity contribution >= 4 is 23.5 Å². The lowest BCUT2D eigenvalue weighted by Crippen LogP contribution is -1.76. The molecular weight excluding hydrogens is 148 g/mol. The highest BCUT2D eigenvalue weighted by Crippen LogP contribution is 2.35. The fraction of sp³-hybridized carbons (Fsp3) is 0.429. The van der Waals surface area contributed by atoms with Gasteiger partial charge in [0.2, 0.25) is 0 Å². The molecule has 0 aromatic carbocycles. The quantitative estimate of drug-likeness (QED) is 0.572. The molecule has 0 atom stereocenters. The Morgan fingerprint density at radius 3 is 2.67 bits per heavy atom. The highest BCUT2D eigenvalue weighted by atomic mass is 32.2. The Bertz CT molecular complexity index is 156. The smallest absolute Gasteiger partial charge is 0.00420 e. The Morgan fingerprint density at radius 1 is 1.44 bits per heavy atom. The summed E-state index contributed by atoms with van der Waals surface area (Å²) in [6.07, 6.45) is 1.17. The van der Waals surface area contributed by atoms with Crippen LogP contribution < -0.4 is 0 Å². The number of allylic oxidation sites excluding steroid dienone is 2. The van der Waals surface area contributed by atoms with Crippen LogP contribution in [0.1, 0.15) is 20.3 Å². The van der Waals surface area contributed by atoms with Gasteiger partial charge < -0.3 is 0 Å². The predicted molar refractivity (Wildman–Crippen MR) is 47.3 cm³/mol. The summed E-state index contributed by atoms with van der Waals surface area (Å²) in [5.41, 5.74) is 0. The number of hydrogen-bond donors (Lipinski definition) is 0. The number of hydrogen-bond acceptors (Lipinski definition) is 2. The normalized spacial score (nSPS) is 18.9. The minimum Gasteiger partial charge on any atom is -0.104 e. The fourth-order valence-corrected chi connectivity index (χ4v) is 2.47. The van der Waals surface area contributed by atoms with Crippen LogP contribution in [-0.2, 0) is 0 Å². The van der Waals surface area contributed by atoms with Crippen LogP contribution >= 0.6 is 23.5 Å². The van der Waals surface area contributed by atoms with Crippen LogP contribution in [0.4, 0.5) is 0 Å². The summed E-state index contributed by atoms with van der Waals surface area (Å²) in [5, 5.41) is 4.40. The highest BCUT2D eigenvalue weighted by Gasteiger charge is 2.00. The van der Waals surface area contributed by atoms with E-state index in [-0.39, 0.29) is 0 Å². The zero-order valence-corrected chi connectivity index (χ0v) is 7.31. The molecule has 1 aliphatic rings. The van der Waals surface area contributed by atoms with Gasteiger partial charge in [0.25, 0.3) is 0 Å². The summed E-state index contributed by atoms with van der Waals surface area (Å²) in [4.78, 5) is 2.90. The van der Waals surface area contributed by atoms with Crippen molar-refractivity contribution in [3.8, 4) is 0 Å². The SMILES string of the molecule is CCC1=CSC=C(C)S1. The summed E-state index contributed by atoms with van der Waals surface area (Å²) >= 11 is 3.68. The van der Waals surface area contributed by atoms with E-state index in [1.54, 1.807) is 11.8 Å². The van der Waals surface area contributed by atoms with Gasteiger partial charge in [0, 0.05) is 0 Å². The van der Waals surface area contributed by atoms with Gasteiger partial charge in [-0.05, 0) is 34.0 Å². The topological polar surface area (TPSA) is 0 Å². The van der Waals surface area contributed by atoms with Gasteiger partial charge in [-0.3, -0.25) is 0 Å². The average Bonchev–Trinajstić information content (AvgIpc) is 1.88. The third-order valence-corrected chi connectivity index (χ3v) is 3.39. The molecule has 0 radical (unpaired) electrons. The van der Waals surface area contributed by atoms with E-state index in [9.17, 15) is 0 Å². The molecule has 0 aliphatic carbocycles. The molecule has 0 saturated carbocycles. The van der Waals surface area contributed by atoms with Gasteiger partial charge >= 0.3 is 0 Å². The van der Waals surface area contributed by atoms with Gasteiger partial charge in [-0.15, -0.1) is 11.8 Å². The third-order valence-electron chi connectivity index (χ3n) is 1.07. The standard InChI is InChI=1S/C7H10S2/c1-3-7-5-8-4-6(2)9-7/h4-5H,3H2,1-2H3. The molecule has 0 unspecified atom stereocenters. The summed E-state index contributed by atoms with van der Waals surface area (Å²) in [7, 11) is 0. The summed E-state index contributed by atoms with van der Waals surface area (Å²) in [5.74, 6) is 0. The van der Waals surface area contributed by atoms with Gasteiger partial charge in [-0.1, -0.05) is 18.7 Å². The van der Waals surface area contributed by atoms with E-state index in [1.165, 1.54) is 16.2 Å². The molecule has 1 aliphatic heterocycles. The van der Waals surface area contributed by atoms with Crippen LogP contribution in [0.2, 0.25) is 0 Å². The molecule has 0 N–H and O–H groups in total. The molecule has 0 aromatic heterocycles. The van der Waals surface area contributed by atoms with Crippen LogP contribution in [0.15, 0.2) is 20.6 Å². The zero-order chi connectivity index (χ0) is 6.69. The summed E-state index contributed by atoms with van der Waals surface area (Å²) in [6, 6.07) is 0. The van der Waals surface area contributed by atoms with E-state index in [0.29, 0.717) is 0 Å². The van der Waals surface area contributed by atoms with Crippen molar-refractivity contribution in [2.24, 2.45) is 0 Å². The average molecular weight is 158 g/mol. The maximum absolute atomic E-state index is 2.22. The molecule has 0 nitrogen and oxygen atoms in total.